The van der Waals surface area contributed by atoms with Gasteiger partial charge in [0.25, 0.3) is 0 Å². The van der Waals surface area contributed by atoms with Crippen molar-refractivity contribution in [3.8, 4) is 17.0 Å². The fourth-order valence-corrected chi connectivity index (χ4v) is 4.53. The molecule has 0 amide bonds. The first-order valence-corrected chi connectivity index (χ1v) is 14.5. The van der Waals surface area contributed by atoms with Crippen LogP contribution in [-0.4, -0.2) is 17.8 Å². The largest absolute Gasteiger partial charge is 0.494 e. The van der Waals surface area contributed by atoms with Gasteiger partial charge in [-0.2, -0.15) is 0 Å². The monoisotopic (exact) mass is 483 g/mol. The van der Waals surface area contributed by atoms with Gasteiger partial charge in [0.1, 0.15) is 11.9 Å². The van der Waals surface area contributed by atoms with Crippen molar-refractivity contribution in [2.45, 2.75) is 129 Å². The van der Waals surface area contributed by atoms with Gasteiger partial charge in [0.05, 0.1) is 12.3 Å². The van der Waals surface area contributed by atoms with E-state index >= 15 is 0 Å². The van der Waals surface area contributed by atoms with E-state index in [-0.39, 0.29) is 0 Å². The van der Waals surface area contributed by atoms with Crippen LogP contribution in [0.4, 0.5) is 4.39 Å². The zero-order chi connectivity index (χ0) is 25.0. The molecule has 1 unspecified atom stereocenters. The molecule has 0 aliphatic heterocycles. The van der Waals surface area contributed by atoms with Crippen molar-refractivity contribution in [2.24, 2.45) is 0 Å². The number of rotatable bonds is 21. The maximum Gasteiger partial charge on any atom is 0.119 e. The highest BCUT2D eigenvalue weighted by Gasteiger charge is 2.07. The van der Waals surface area contributed by atoms with E-state index in [1.54, 1.807) is 0 Å². The standard InChI is InChI=1S/C32H50FNO/c1-3-5-7-9-10-11-13-15-26-35-31-23-21-29(22-24-31)32-25-20-28(27-34-32)17-16-19-30(33)18-14-12-8-6-4-2/h20-25,27,30H,3-19,26H2,1-2H3. The van der Waals surface area contributed by atoms with Crippen LogP contribution < -0.4 is 4.74 Å². The number of hydrogen-bond acceptors (Lipinski definition) is 2. The van der Waals surface area contributed by atoms with Crippen LogP contribution in [0.3, 0.4) is 0 Å². The molecule has 0 radical (unpaired) electrons. The molecule has 0 aliphatic rings. The third-order valence-corrected chi connectivity index (χ3v) is 6.85. The Kier molecular flexibility index (Phi) is 16.2. The highest BCUT2D eigenvalue weighted by atomic mass is 19.1. The van der Waals surface area contributed by atoms with Crippen LogP contribution in [0.5, 0.6) is 5.75 Å². The summed E-state index contributed by atoms with van der Waals surface area (Å²) in [6.45, 7) is 5.27. The summed E-state index contributed by atoms with van der Waals surface area (Å²) in [7, 11) is 0. The fraction of sp³-hybridized carbons (Fsp3) is 0.656. The van der Waals surface area contributed by atoms with E-state index < -0.39 is 6.17 Å². The SMILES string of the molecule is CCCCCCCCCCOc1ccc(-c2ccc(CCCC(F)CCCCCCC)cn2)cc1. The Morgan fingerprint density at radius 1 is 0.686 bits per heavy atom. The summed E-state index contributed by atoms with van der Waals surface area (Å²) in [5.41, 5.74) is 3.26. The second-order valence-electron chi connectivity index (χ2n) is 10.1. The summed E-state index contributed by atoms with van der Waals surface area (Å²) in [4.78, 5) is 4.64. The lowest BCUT2D eigenvalue weighted by Gasteiger charge is -2.09. The highest BCUT2D eigenvalue weighted by molar-refractivity contribution is 5.60. The van der Waals surface area contributed by atoms with Gasteiger partial charge < -0.3 is 4.74 Å². The van der Waals surface area contributed by atoms with E-state index in [4.69, 9.17) is 4.74 Å². The van der Waals surface area contributed by atoms with Crippen molar-refractivity contribution in [3.05, 3.63) is 48.2 Å². The number of halogens is 1. The van der Waals surface area contributed by atoms with Crippen molar-refractivity contribution in [2.75, 3.05) is 6.61 Å². The van der Waals surface area contributed by atoms with Crippen molar-refractivity contribution >= 4 is 0 Å². The van der Waals surface area contributed by atoms with Crippen molar-refractivity contribution in [3.63, 3.8) is 0 Å². The van der Waals surface area contributed by atoms with Gasteiger partial charge in [0, 0.05) is 11.8 Å². The summed E-state index contributed by atoms with van der Waals surface area (Å²) in [6.07, 6.45) is 20.9. The molecule has 0 spiro atoms. The Balaban J connectivity index is 1.60. The molecule has 196 valence electrons. The summed E-state index contributed by atoms with van der Waals surface area (Å²) in [6, 6.07) is 12.5. The van der Waals surface area contributed by atoms with Crippen LogP contribution in [0.25, 0.3) is 11.3 Å². The molecular formula is C32H50FNO. The van der Waals surface area contributed by atoms with Gasteiger partial charge in [-0.1, -0.05) is 97.0 Å². The highest BCUT2D eigenvalue weighted by Crippen LogP contribution is 2.22. The average Bonchev–Trinajstić information content (AvgIpc) is 2.88. The van der Waals surface area contributed by atoms with Crippen LogP contribution in [0.2, 0.25) is 0 Å². The summed E-state index contributed by atoms with van der Waals surface area (Å²) >= 11 is 0. The first-order valence-electron chi connectivity index (χ1n) is 14.5. The van der Waals surface area contributed by atoms with Gasteiger partial charge in [-0.15, -0.1) is 0 Å². The van der Waals surface area contributed by atoms with E-state index in [9.17, 15) is 4.39 Å². The van der Waals surface area contributed by atoms with E-state index in [0.29, 0.717) is 6.42 Å². The maximum atomic E-state index is 14.1. The molecular weight excluding hydrogens is 433 g/mol. The second-order valence-corrected chi connectivity index (χ2v) is 10.1. The average molecular weight is 484 g/mol. The molecule has 35 heavy (non-hydrogen) atoms. The second kappa shape index (κ2) is 19.3. The summed E-state index contributed by atoms with van der Waals surface area (Å²) in [5, 5.41) is 0. The number of nitrogens with zero attached hydrogens (tertiary/aromatic N) is 1. The summed E-state index contributed by atoms with van der Waals surface area (Å²) in [5.74, 6) is 0.930. The van der Waals surface area contributed by atoms with Crippen LogP contribution in [0.1, 0.15) is 122 Å². The number of ether oxygens (including phenoxy) is 1. The molecule has 3 heteroatoms. The Morgan fingerprint density at radius 3 is 1.91 bits per heavy atom. The van der Waals surface area contributed by atoms with Gasteiger partial charge in [-0.3, -0.25) is 4.98 Å². The lowest BCUT2D eigenvalue weighted by Crippen LogP contribution is -2.01. The topological polar surface area (TPSA) is 22.1 Å². The summed E-state index contributed by atoms with van der Waals surface area (Å²) < 4.78 is 20.0. The lowest BCUT2D eigenvalue weighted by molar-refractivity contribution is 0.282. The minimum absolute atomic E-state index is 0.653. The molecule has 0 fully saturated rings. The third kappa shape index (κ3) is 13.7. The normalized spacial score (nSPS) is 12.1. The van der Waals surface area contributed by atoms with Gasteiger partial charge in [-0.25, -0.2) is 4.39 Å². The van der Waals surface area contributed by atoms with Crippen LogP contribution in [0, 0.1) is 0 Å². The number of benzene rings is 1. The van der Waals surface area contributed by atoms with Crippen molar-refractivity contribution in [1.82, 2.24) is 4.98 Å². The molecule has 0 bridgehead atoms. The zero-order valence-electron chi connectivity index (χ0n) is 22.6. The number of aromatic nitrogens is 1. The number of unbranched alkanes of at least 4 members (excludes halogenated alkanes) is 11. The van der Waals surface area contributed by atoms with Gasteiger partial charge in [0.2, 0.25) is 0 Å². The van der Waals surface area contributed by atoms with Crippen LogP contribution >= 0.6 is 0 Å². The zero-order valence-corrected chi connectivity index (χ0v) is 22.6. The Morgan fingerprint density at radius 2 is 1.29 bits per heavy atom. The van der Waals surface area contributed by atoms with Gasteiger partial charge in [-0.05, 0) is 68.0 Å². The van der Waals surface area contributed by atoms with Gasteiger partial charge in [0.15, 0.2) is 0 Å². The number of alkyl halides is 1. The molecule has 1 atom stereocenters. The van der Waals surface area contributed by atoms with Gasteiger partial charge >= 0.3 is 0 Å². The Labute approximate surface area is 215 Å². The Bertz CT molecular complexity index is 743. The fourth-order valence-electron chi connectivity index (χ4n) is 4.53. The molecule has 2 nitrogen and oxygen atoms in total. The lowest BCUT2D eigenvalue weighted by atomic mass is 10.0. The van der Waals surface area contributed by atoms with E-state index in [0.717, 1.165) is 55.7 Å². The van der Waals surface area contributed by atoms with Crippen molar-refractivity contribution in [1.29, 1.82) is 0 Å². The molecule has 1 aromatic carbocycles. The molecule has 0 aliphatic carbocycles. The predicted octanol–water partition coefficient (Wildman–Crippen LogP) is 10.3. The first-order chi connectivity index (χ1) is 17.2. The molecule has 1 heterocycles. The van der Waals surface area contributed by atoms with E-state index in [2.05, 4.69) is 43.1 Å². The quantitative estimate of drug-likeness (QED) is 0.165. The van der Waals surface area contributed by atoms with E-state index in [1.165, 1.54) is 76.2 Å². The molecule has 1 aromatic heterocycles. The number of aryl methyl sites for hydroxylation is 1. The molecule has 0 N–H and O–H groups in total. The maximum absolute atomic E-state index is 14.1. The first kappa shape index (κ1) is 29.3. The minimum atomic E-state index is -0.653. The minimum Gasteiger partial charge on any atom is -0.494 e. The van der Waals surface area contributed by atoms with Crippen LogP contribution in [0.15, 0.2) is 42.6 Å². The molecule has 0 saturated heterocycles. The molecule has 0 saturated carbocycles. The number of pyridine rings is 1. The van der Waals surface area contributed by atoms with Crippen molar-refractivity contribution < 1.29 is 9.13 Å². The molecule has 2 rings (SSSR count). The predicted molar refractivity (Wildman–Crippen MR) is 149 cm³/mol. The molecule has 2 aromatic rings. The smallest absolute Gasteiger partial charge is 0.119 e. The van der Waals surface area contributed by atoms with E-state index in [1.807, 2.05) is 18.3 Å². The van der Waals surface area contributed by atoms with Crippen LogP contribution in [-0.2, 0) is 6.42 Å². The number of hydrogen-bond donors (Lipinski definition) is 0. The Hall–Kier alpha value is -1.90. The third-order valence-electron chi connectivity index (χ3n) is 6.85.